The highest BCUT2D eigenvalue weighted by molar-refractivity contribution is 7.98. The summed E-state index contributed by atoms with van der Waals surface area (Å²) >= 11 is 1.66. The Hall–Kier alpha value is -1.32. The summed E-state index contributed by atoms with van der Waals surface area (Å²) in [5, 5.41) is 16.5. The largest absolute Gasteiger partial charge is 0.385 e. The first-order valence-corrected chi connectivity index (χ1v) is 11.9. The van der Waals surface area contributed by atoms with Crippen molar-refractivity contribution < 1.29 is 4.74 Å². The minimum absolute atomic E-state index is 0.575. The van der Waals surface area contributed by atoms with Crippen LogP contribution < -0.4 is 10.6 Å². The van der Waals surface area contributed by atoms with Gasteiger partial charge in [-0.1, -0.05) is 25.6 Å². The maximum Gasteiger partial charge on any atom is 0.191 e. The van der Waals surface area contributed by atoms with Crippen molar-refractivity contribution in [3.8, 4) is 0 Å². The second kappa shape index (κ2) is 15.5. The van der Waals surface area contributed by atoms with Gasteiger partial charge in [0.2, 0.25) is 0 Å². The topological polar surface area (TPSA) is 79.6 Å². The first-order chi connectivity index (χ1) is 14.0. The molecular weight excluding hydrogens is 386 g/mol. The summed E-state index contributed by atoms with van der Waals surface area (Å²) in [6.07, 6.45) is 4.96. The van der Waals surface area contributed by atoms with Crippen LogP contribution in [0.5, 0.6) is 0 Å². The molecule has 0 unspecified atom stereocenters. The van der Waals surface area contributed by atoms with Gasteiger partial charge in [0.1, 0.15) is 5.82 Å². The number of methoxy groups -OCH3 is 1. The number of rotatable bonds is 15. The summed E-state index contributed by atoms with van der Waals surface area (Å²) in [4.78, 5) is 7.02. The molecule has 0 aliphatic heterocycles. The Bertz CT molecular complexity index is 577. The zero-order valence-electron chi connectivity index (χ0n) is 19.2. The molecule has 0 atom stereocenters. The Kier molecular flexibility index (Phi) is 13.8. The summed E-state index contributed by atoms with van der Waals surface area (Å²) in [5.74, 6) is 2.52. The van der Waals surface area contributed by atoms with Gasteiger partial charge in [-0.2, -0.15) is 0 Å². The number of guanidine groups is 1. The third kappa shape index (κ3) is 10.9. The Morgan fingerprint density at radius 2 is 2.03 bits per heavy atom. The molecule has 0 aliphatic rings. The number of likely N-dealkylation sites (N-methyl/N-ethyl adjacent to an activating group) is 1. The van der Waals surface area contributed by atoms with Gasteiger partial charge in [-0.05, 0) is 39.0 Å². The van der Waals surface area contributed by atoms with Crippen LogP contribution in [0.4, 0.5) is 0 Å². The fourth-order valence-corrected chi connectivity index (χ4v) is 3.45. The van der Waals surface area contributed by atoms with Crippen LogP contribution in [0.1, 0.15) is 39.4 Å². The van der Waals surface area contributed by atoms with Crippen molar-refractivity contribution in [2.24, 2.45) is 10.9 Å². The summed E-state index contributed by atoms with van der Waals surface area (Å²) in [5.41, 5.74) is 0. The molecule has 9 heteroatoms. The van der Waals surface area contributed by atoms with Gasteiger partial charge in [0.25, 0.3) is 0 Å². The van der Waals surface area contributed by atoms with Crippen LogP contribution in [-0.4, -0.2) is 85.4 Å². The fraction of sp³-hybridized carbons (Fsp3) is 0.850. The molecule has 0 aliphatic carbocycles. The van der Waals surface area contributed by atoms with E-state index in [4.69, 9.17) is 9.73 Å². The zero-order valence-corrected chi connectivity index (χ0v) is 20.0. The maximum absolute atomic E-state index is 5.11. The van der Waals surface area contributed by atoms with E-state index in [1.54, 1.807) is 18.9 Å². The molecule has 8 nitrogen and oxygen atoms in total. The predicted octanol–water partition coefficient (Wildman–Crippen LogP) is 2.11. The lowest BCUT2D eigenvalue weighted by Crippen LogP contribution is -2.41. The fourth-order valence-electron chi connectivity index (χ4n) is 2.93. The van der Waals surface area contributed by atoms with E-state index in [0.717, 1.165) is 82.1 Å². The van der Waals surface area contributed by atoms with Crippen LogP contribution in [0.3, 0.4) is 0 Å². The Balaban J connectivity index is 2.43. The lowest BCUT2D eigenvalue weighted by molar-refractivity contribution is 0.180. The van der Waals surface area contributed by atoms with Gasteiger partial charge in [0.05, 0.1) is 0 Å². The van der Waals surface area contributed by atoms with E-state index >= 15 is 0 Å². The minimum Gasteiger partial charge on any atom is -0.385 e. The van der Waals surface area contributed by atoms with Crippen molar-refractivity contribution in [2.45, 2.75) is 51.7 Å². The number of nitrogens with one attached hydrogen (secondary N) is 2. The quantitative estimate of drug-likeness (QED) is 0.192. The lowest BCUT2D eigenvalue weighted by Gasteiger charge is -2.18. The highest BCUT2D eigenvalue weighted by atomic mass is 32.2. The molecule has 168 valence electrons. The molecule has 0 aromatic carbocycles. The molecule has 29 heavy (non-hydrogen) atoms. The summed E-state index contributed by atoms with van der Waals surface area (Å²) in [6, 6.07) is 0. The van der Waals surface area contributed by atoms with E-state index in [-0.39, 0.29) is 0 Å². The van der Waals surface area contributed by atoms with Gasteiger partial charge in [0, 0.05) is 59.4 Å². The number of aliphatic imine (C=N–C) groups is 1. The van der Waals surface area contributed by atoms with Gasteiger partial charge in [0.15, 0.2) is 11.1 Å². The van der Waals surface area contributed by atoms with Gasteiger partial charge >= 0.3 is 0 Å². The zero-order chi connectivity index (χ0) is 21.5. The molecule has 0 fully saturated rings. The monoisotopic (exact) mass is 427 g/mol. The second-order valence-corrected chi connectivity index (χ2v) is 8.32. The molecule has 0 amide bonds. The molecule has 1 aromatic rings. The van der Waals surface area contributed by atoms with Crippen LogP contribution in [0, 0.1) is 5.92 Å². The Morgan fingerprint density at radius 1 is 1.24 bits per heavy atom. The smallest absolute Gasteiger partial charge is 0.191 e. The summed E-state index contributed by atoms with van der Waals surface area (Å²) in [6.45, 7) is 12.8. The average molecular weight is 428 g/mol. The molecule has 2 N–H and O–H groups in total. The van der Waals surface area contributed by atoms with E-state index in [1.165, 1.54) is 0 Å². The Labute approximate surface area is 181 Å². The molecule has 1 rings (SSSR count). The van der Waals surface area contributed by atoms with Crippen molar-refractivity contribution in [3.05, 3.63) is 5.82 Å². The number of aromatic nitrogens is 3. The van der Waals surface area contributed by atoms with E-state index in [9.17, 15) is 0 Å². The van der Waals surface area contributed by atoms with Crippen molar-refractivity contribution >= 4 is 17.7 Å². The van der Waals surface area contributed by atoms with Crippen LogP contribution >= 0.6 is 11.8 Å². The van der Waals surface area contributed by atoms with Crippen molar-refractivity contribution in [1.29, 1.82) is 0 Å². The van der Waals surface area contributed by atoms with E-state index in [2.05, 4.69) is 64.4 Å². The predicted molar refractivity (Wildman–Crippen MR) is 123 cm³/mol. The summed E-state index contributed by atoms with van der Waals surface area (Å²) in [7, 11) is 3.88. The number of hydrogen-bond acceptors (Lipinski definition) is 6. The first-order valence-electron chi connectivity index (χ1n) is 10.7. The molecular formula is C20H41N7OS. The lowest BCUT2D eigenvalue weighted by atomic mass is 10.2. The molecule has 0 saturated heterocycles. The third-order valence-corrected chi connectivity index (χ3v) is 5.04. The second-order valence-electron chi connectivity index (χ2n) is 7.55. The average Bonchev–Trinajstić information content (AvgIpc) is 3.06. The molecule has 0 bridgehead atoms. The van der Waals surface area contributed by atoms with Crippen LogP contribution in [0.25, 0.3) is 0 Å². The van der Waals surface area contributed by atoms with Gasteiger partial charge in [-0.15, -0.1) is 10.2 Å². The number of nitrogens with zero attached hydrogens (tertiary/aromatic N) is 5. The third-order valence-electron chi connectivity index (χ3n) is 4.37. The number of ether oxygens (including phenoxy) is 1. The van der Waals surface area contributed by atoms with E-state index < -0.39 is 0 Å². The molecule has 1 aromatic heterocycles. The number of aryl methyl sites for hydroxylation is 1. The van der Waals surface area contributed by atoms with Crippen molar-refractivity contribution in [2.75, 3.05) is 59.7 Å². The summed E-state index contributed by atoms with van der Waals surface area (Å²) < 4.78 is 7.36. The molecule has 0 radical (unpaired) electrons. The maximum atomic E-state index is 5.11. The standard InChI is InChI=1S/C20H41N7OS/c1-7-21-19(23-12-14-26(4)13-9-15-28-5)22-11-8-10-18-24-25-20(29-6)27(18)16-17(2)3/h17H,7-16H2,1-6H3,(H2,21,22,23). The molecule has 0 saturated carbocycles. The number of hydrogen-bond donors (Lipinski definition) is 2. The van der Waals surface area contributed by atoms with Crippen LogP contribution in [-0.2, 0) is 17.7 Å². The molecule has 1 heterocycles. The molecule has 0 spiro atoms. The van der Waals surface area contributed by atoms with Gasteiger partial charge in [-0.25, -0.2) is 0 Å². The van der Waals surface area contributed by atoms with Gasteiger partial charge < -0.3 is 24.8 Å². The first kappa shape index (κ1) is 25.7. The SMILES string of the molecule is CCNC(=NCCCc1nnc(SC)n1CC(C)C)NCCN(C)CCCOC. The van der Waals surface area contributed by atoms with E-state index in [0.29, 0.717) is 5.92 Å². The van der Waals surface area contributed by atoms with Crippen molar-refractivity contribution in [3.63, 3.8) is 0 Å². The van der Waals surface area contributed by atoms with Crippen molar-refractivity contribution in [1.82, 2.24) is 30.3 Å². The van der Waals surface area contributed by atoms with Crippen LogP contribution in [0.2, 0.25) is 0 Å². The normalized spacial score (nSPS) is 12.2. The Morgan fingerprint density at radius 3 is 2.69 bits per heavy atom. The minimum atomic E-state index is 0.575. The number of thioether (sulfide) groups is 1. The van der Waals surface area contributed by atoms with E-state index in [1.807, 2.05) is 0 Å². The highest BCUT2D eigenvalue weighted by Crippen LogP contribution is 2.16. The van der Waals surface area contributed by atoms with Gasteiger partial charge in [-0.3, -0.25) is 4.99 Å². The highest BCUT2D eigenvalue weighted by Gasteiger charge is 2.12. The van der Waals surface area contributed by atoms with Crippen LogP contribution in [0.15, 0.2) is 10.1 Å².